The average molecular weight is 395 g/mol. The first-order valence-electron chi connectivity index (χ1n) is 9.84. The highest BCUT2D eigenvalue weighted by atomic mass is 16.5. The van der Waals surface area contributed by atoms with Crippen LogP contribution in [0.3, 0.4) is 0 Å². The van der Waals surface area contributed by atoms with Crippen molar-refractivity contribution in [3.8, 4) is 11.1 Å². The van der Waals surface area contributed by atoms with Gasteiger partial charge < -0.3 is 15.2 Å². The minimum absolute atomic E-state index is 0.0737. The van der Waals surface area contributed by atoms with Gasteiger partial charge in [-0.2, -0.15) is 0 Å². The van der Waals surface area contributed by atoms with Crippen molar-refractivity contribution in [3.05, 3.63) is 59.7 Å². The van der Waals surface area contributed by atoms with E-state index in [0.717, 1.165) is 22.3 Å². The zero-order valence-electron chi connectivity index (χ0n) is 16.4. The molecule has 0 radical (unpaired) electrons. The summed E-state index contributed by atoms with van der Waals surface area (Å²) < 4.78 is 5.29. The van der Waals surface area contributed by atoms with Crippen LogP contribution in [-0.2, 0) is 25.5 Å². The van der Waals surface area contributed by atoms with Gasteiger partial charge in [-0.3, -0.25) is 14.4 Å². The molecule has 1 amide bonds. The summed E-state index contributed by atoms with van der Waals surface area (Å²) in [5.74, 6) is -2.09. The molecule has 2 N–H and O–H groups in total. The van der Waals surface area contributed by atoms with Crippen LogP contribution in [0.25, 0.3) is 11.1 Å². The first kappa shape index (κ1) is 20.6. The summed E-state index contributed by atoms with van der Waals surface area (Å²) in [4.78, 5) is 35.4. The van der Waals surface area contributed by atoms with Crippen LogP contribution in [0.2, 0.25) is 0 Å². The van der Waals surface area contributed by atoms with Crippen LogP contribution in [0, 0.1) is 0 Å². The number of amides is 1. The molecule has 152 valence electrons. The minimum Gasteiger partial charge on any atom is -0.481 e. The third-order valence-corrected chi connectivity index (χ3v) is 5.12. The molecule has 6 heteroatoms. The third-order valence-electron chi connectivity index (χ3n) is 5.12. The van der Waals surface area contributed by atoms with E-state index < -0.39 is 11.9 Å². The largest absolute Gasteiger partial charge is 0.481 e. The molecule has 29 heavy (non-hydrogen) atoms. The van der Waals surface area contributed by atoms with Crippen molar-refractivity contribution in [2.75, 3.05) is 6.61 Å². The van der Waals surface area contributed by atoms with Crippen LogP contribution in [0.5, 0.6) is 0 Å². The average Bonchev–Trinajstić information content (AvgIpc) is 2.72. The van der Waals surface area contributed by atoms with E-state index in [9.17, 15) is 14.4 Å². The number of carboxylic acids is 1. The maximum absolute atomic E-state index is 12.6. The van der Waals surface area contributed by atoms with Gasteiger partial charge >= 0.3 is 11.9 Å². The molecule has 2 atom stereocenters. The fraction of sp³-hybridized carbons (Fsp3) is 0.348. The van der Waals surface area contributed by atoms with Crippen molar-refractivity contribution in [3.63, 3.8) is 0 Å². The number of carbonyl (C=O) groups is 3. The van der Waals surface area contributed by atoms with E-state index >= 15 is 0 Å². The van der Waals surface area contributed by atoms with E-state index in [1.807, 2.05) is 48.5 Å². The molecule has 0 saturated heterocycles. The van der Waals surface area contributed by atoms with Crippen LogP contribution < -0.4 is 5.32 Å². The molecule has 0 saturated carbocycles. The number of carbonyl (C=O) groups excluding carboxylic acids is 2. The van der Waals surface area contributed by atoms with Crippen molar-refractivity contribution in [2.45, 2.75) is 44.6 Å². The summed E-state index contributed by atoms with van der Waals surface area (Å²) in [5.41, 5.74) is 4.03. The highest BCUT2D eigenvalue weighted by Crippen LogP contribution is 2.35. The number of aliphatic carboxylic acids is 1. The number of rotatable bonds is 7. The predicted molar refractivity (Wildman–Crippen MR) is 108 cm³/mol. The molecule has 0 fully saturated rings. The highest BCUT2D eigenvalue weighted by Gasteiger charge is 2.33. The lowest BCUT2D eigenvalue weighted by atomic mass is 9.79. The van der Waals surface area contributed by atoms with Gasteiger partial charge in [0.15, 0.2) is 0 Å². The molecule has 0 aliphatic heterocycles. The van der Waals surface area contributed by atoms with Crippen LogP contribution in [0.15, 0.2) is 48.5 Å². The van der Waals surface area contributed by atoms with Crippen molar-refractivity contribution < 1.29 is 24.2 Å². The fourth-order valence-corrected chi connectivity index (χ4v) is 3.77. The number of hydrogen-bond acceptors (Lipinski definition) is 4. The van der Waals surface area contributed by atoms with Gasteiger partial charge in [-0.25, -0.2) is 0 Å². The van der Waals surface area contributed by atoms with E-state index in [4.69, 9.17) is 9.84 Å². The SMILES string of the molecule is CCOC(=O)[C@@H]1C[C@@H](NC(=O)CCC(=O)O)Cc2ccc(-c3ccccc3)cc21. The van der Waals surface area contributed by atoms with Gasteiger partial charge in [0.2, 0.25) is 5.91 Å². The Morgan fingerprint density at radius 3 is 2.52 bits per heavy atom. The Hall–Kier alpha value is -3.15. The van der Waals surface area contributed by atoms with E-state index in [0.29, 0.717) is 19.4 Å². The topological polar surface area (TPSA) is 92.7 Å². The van der Waals surface area contributed by atoms with Gasteiger partial charge in [0.05, 0.1) is 18.9 Å². The Morgan fingerprint density at radius 2 is 1.83 bits per heavy atom. The van der Waals surface area contributed by atoms with Gasteiger partial charge in [0, 0.05) is 12.5 Å². The van der Waals surface area contributed by atoms with Gasteiger partial charge in [-0.15, -0.1) is 0 Å². The summed E-state index contributed by atoms with van der Waals surface area (Å²) in [6.45, 7) is 2.06. The zero-order chi connectivity index (χ0) is 20.8. The quantitative estimate of drug-likeness (QED) is 0.702. The molecule has 0 spiro atoms. The molecule has 0 bridgehead atoms. The van der Waals surface area contributed by atoms with Crippen LogP contribution in [-0.4, -0.2) is 35.6 Å². The van der Waals surface area contributed by atoms with Gasteiger partial charge in [-0.05, 0) is 42.0 Å². The predicted octanol–water partition coefficient (Wildman–Crippen LogP) is 3.30. The normalized spacial score (nSPS) is 17.8. The van der Waals surface area contributed by atoms with Crippen molar-refractivity contribution in [2.24, 2.45) is 0 Å². The number of nitrogens with one attached hydrogen (secondary N) is 1. The second-order valence-electron chi connectivity index (χ2n) is 7.18. The van der Waals surface area contributed by atoms with E-state index in [2.05, 4.69) is 5.32 Å². The number of fused-ring (bicyclic) bond motifs is 1. The molecule has 3 rings (SSSR count). The van der Waals surface area contributed by atoms with Gasteiger partial charge in [0.1, 0.15) is 0 Å². The Bertz CT molecular complexity index is 893. The number of benzene rings is 2. The Morgan fingerprint density at radius 1 is 1.07 bits per heavy atom. The monoisotopic (exact) mass is 395 g/mol. The zero-order valence-corrected chi connectivity index (χ0v) is 16.4. The first-order chi connectivity index (χ1) is 14.0. The third kappa shape index (κ3) is 5.22. The summed E-state index contributed by atoms with van der Waals surface area (Å²) >= 11 is 0. The summed E-state index contributed by atoms with van der Waals surface area (Å²) in [5, 5.41) is 11.6. The van der Waals surface area contributed by atoms with Crippen molar-refractivity contribution >= 4 is 17.8 Å². The number of hydrogen-bond donors (Lipinski definition) is 2. The standard InChI is InChI=1S/C23H25NO5/c1-2-29-23(28)20-14-18(24-21(25)10-11-22(26)27)12-17-9-8-16(13-19(17)20)15-6-4-3-5-7-15/h3-9,13,18,20H,2,10-12,14H2,1H3,(H,24,25)(H,26,27)/t18-,20+/m0/s1. The number of carboxylic acid groups (broad SMARTS) is 1. The second kappa shape index (κ2) is 9.37. The summed E-state index contributed by atoms with van der Waals surface area (Å²) in [6.07, 6.45) is 0.745. The molecule has 0 aromatic heterocycles. The second-order valence-corrected chi connectivity index (χ2v) is 7.18. The van der Waals surface area contributed by atoms with E-state index in [1.165, 1.54) is 0 Å². The Labute approximate surface area is 169 Å². The molecular formula is C23H25NO5. The molecule has 2 aromatic carbocycles. The molecule has 1 aliphatic rings. The number of esters is 1. The van der Waals surface area contributed by atoms with Crippen LogP contribution in [0.1, 0.15) is 43.2 Å². The van der Waals surface area contributed by atoms with Crippen LogP contribution >= 0.6 is 0 Å². The molecule has 6 nitrogen and oxygen atoms in total. The minimum atomic E-state index is -1.01. The lowest BCUT2D eigenvalue weighted by molar-refractivity contribution is -0.145. The smallest absolute Gasteiger partial charge is 0.313 e. The Balaban J connectivity index is 1.85. The highest BCUT2D eigenvalue weighted by molar-refractivity contribution is 5.82. The van der Waals surface area contributed by atoms with Crippen LogP contribution in [0.4, 0.5) is 0 Å². The van der Waals surface area contributed by atoms with Crippen molar-refractivity contribution in [1.82, 2.24) is 5.32 Å². The van der Waals surface area contributed by atoms with E-state index in [1.54, 1.807) is 6.92 Å². The summed E-state index contributed by atoms with van der Waals surface area (Å²) in [7, 11) is 0. The summed E-state index contributed by atoms with van der Waals surface area (Å²) in [6, 6.07) is 15.8. The maximum Gasteiger partial charge on any atom is 0.313 e. The van der Waals surface area contributed by atoms with Gasteiger partial charge in [-0.1, -0.05) is 48.5 Å². The fourth-order valence-electron chi connectivity index (χ4n) is 3.77. The van der Waals surface area contributed by atoms with E-state index in [-0.39, 0.29) is 30.8 Å². The molecular weight excluding hydrogens is 370 g/mol. The molecule has 2 aromatic rings. The maximum atomic E-state index is 12.6. The lowest BCUT2D eigenvalue weighted by Crippen LogP contribution is -2.41. The first-order valence-corrected chi connectivity index (χ1v) is 9.84. The molecule has 1 aliphatic carbocycles. The number of ether oxygens (including phenoxy) is 1. The Kier molecular flexibility index (Phi) is 6.65. The van der Waals surface area contributed by atoms with Crippen molar-refractivity contribution in [1.29, 1.82) is 0 Å². The van der Waals surface area contributed by atoms with Gasteiger partial charge in [0.25, 0.3) is 0 Å². The lowest BCUT2D eigenvalue weighted by Gasteiger charge is -2.31. The molecule has 0 unspecified atom stereocenters. The molecule has 0 heterocycles.